The molecule has 11 aromatic rings. The molecule has 0 atom stereocenters. The van der Waals surface area contributed by atoms with Crippen LogP contribution < -0.4 is 4.90 Å². The number of nitrogens with zero attached hydrogens (tertiary/aromatic N) is 2. The topological polar surface area (TPSA) is 8.17 Å². The van der Waals surface area contributed by atoms with E-state index in [0.717, 1.165) is 22.7 Å². The third kappa shape index (κ3) is 6.16. The minimum atomic E-state index is -0.546. The second kappa shape index (κ2) is 16.2. The largest absolute Gasteiger partial charge is 0.309 e. The number of hydrogen-bond donors (Lipinski definition) is 0. The van der Waals surface area contributed by atoms with E-state index >= 15 is 0 Å². The molecule has 13 rings (SSSR count). The fraction of sp³-hybridized carbons (Fsp3) is 0.108. The predicted molar refractivity (Wildman–Crippen MR) is 282 cm³/mol. The molecule has 0 amide bonds. The third-order valence-electron chi connectivity index (χ3n) is 15.0. The van der Waals surface area contributed by atoms with Crippen molar-refractivity contribution in [3.8, 4) is 27.9 Å². The maximum absolute atomic E-state index is 2.59. The van der Waals surface area contributed by atoms with E-state index < -0.39 is 5.41 Å². The summed E-state index contributed by atoms with van der Waals surface area (Å²) in [5.41, 5.74) is 18.0. The zero-order valence-electron chi connectivity index (χ0n) is 37.5. The molecule has 2 heteroatoms. The van der Waals surface area contributed by atoms with Crippen molar-refractivity contribution >= 4 is 49.6 Å². The normalized spacial score (nSPS) is 14.3. The molecule has 2 aliphatic rings. The molecule has 0 unspecified atom stereocenters. The molecule has 0 bridgehead atoms. The van der Waals surface area contributed by atoms with Crippen LogP contribution in [0.15, 0.2) is 237 Å². The van der Waals surface area contributed by atoms with Crippen LogP contribution in [0.3, 0.4) is 0 Å². The summed E-state index contributed by atoms with van der Waals surface area (Å²) >= 11 is 0. The highest BCUT2D eigenvalue weighted by molar-refractivity contribution is 6.17. The number of aromatic nitrogens is 1. The van der Waals surface area contributed by atoms with Crippen molar-refractivity contribution in [3.63, 3.8) is 0 Å². The SMILES string of the molecule is c1ccc(-n2c3ccccc3c3c(N(c4ccc5c(c4)C(c4ccccc4)(c4ccccc4)c4ccccc4-5)c4ccccc4-c4cccc5cccc(C6CCCCC6)c45)cccc32)cc1. The van der Waals surface area contributed by atoms with E-state index in [9.17, 15) is 0 Å². The van der Waals surface area contributed by atoms with E-state index in [0.29, 0.717) is 5.92 Å². The Hall–Kier alpha value is -7.94. The highest BCUT2D eigenvalue weighted by Gasteiger charge is 2.46. The Morgan fingerprint density at radius 3 is 1.76 bits per heavy atom. The maximum Gasteiger partial charge on any atom is 0.0714 e. The van der Waals surface area contributed by atoms with Gasteiger partial charge in [-0.25, -0.2) is 0 Å². The molecule has 0 radical (unpaired) electrons. The molecule has 2 aliphatic carbocycles. The molecule has 1 aromatic heterocycles. The van der Waals surface area contributed by atoms with Crippen molar-refractivity contribution < 1.29 is 0 Å². The lowest BCUT2D eigenvalue weighted by Gasteiger charge is -2.35. The number of anilines is 3. The highest BCUT2D eigenvalue weighted by atomic mass is 15.2. The van der Waals surface area contributed by atoms with Gasteiger partial charge in [0.2, 0.25) is 0 Å². The standard InChI is InChI=1S/C65H50N2/c1-5-22-45(23-6-1)51-35-19-24-46-25-20-36-55(63(46)51)54-33-14-17-38-59(54)67(62-41-21-40-61-64(62)56-34-15-18-39-60(56)66(61)49-30-11-4-12-31-49)50-42-43-53-52-32-13-16-37-57(52)65(58(53)44-50,47-26-7-2-8-27-47)48-28-9-3-10-29-48/h2-4,7-21,24-45H,1,5-6,22-23H2. The van der Waals surface area contributed by atoms with Crippen LogP contribution in [0.2, 0.25) is 0 Å². The average molecular weight is 859 g/mol. The van der Waals surface area contributed by atoms with Crippen molar-refractivity contribution in [2.24, 2.45) is 0 Å². The summed E-state index contributed by atoms with van der Waals surface area (Å²) in [6, 6.07) is 88.6. The number of hydrogen-bond acceptors (Lipinski definition) is 1. The lowest BCUT2D eigenvalue weighted by molar-refractivity contribution is 0.445. The first-order valence-electron chi connectivity index (χ1n) is 24.1. The van der Waals surface area contributed by atoms with Crippen LogP contribution in [0.25, 0.3) is 60.5 Å². The van der Waals surface area contributed by atoms with Crippen molar-refractivity contribution in [2.45, 2.75) is 43.4 Å². The molecule has 0 saturated heterocycles. The first kappa shape index (κ1) is 39.4. The van der Waals surface area contributed by atoms with E-state index in [1.807, 2.05) is 0 Å². The Bertz CT molecular complexity index is 3570. The van der Waals surface area contributed by atoms with Crippen molar-refractivity contribution in [2.75, 3.05) is 4.90 Å². The van der Waals surface area contributed by atoms with Crippen LogP contribution in [-0.4, -0.2) is 4.57 Å². The van der Waals surface area contributed by atoms with Gasteiger partial charge < -0.3 is 9.47 Å². The minimum absolute atomic E-state index is 0.546. The maximum atomic E-state index is 2.59. The molecule has 1 saturated carbocycles. The molecular formula is C65H50N2. The summed E-state index contributed by atoms with van der Waals surface area (Å²) in [5, 5.41) is 5.14. The minimum Gasteiger partial charge on any atom is -0.309 e. The van der Waals surface area contributed by atoms with Gasteiger partial charge in [0.25, 0.3) is 0 Å². The molecule has 0 N–H and O–H groups in total. The quantitative estimate of drug-likeness (QED) is 0.148. The van der Waals surface area contributed by atoms with Crippen LogP contribution >= 0.6 is 0 Å². The zero-order chi connectivity index (χ0) is 44.3. The van der Waals surface area contributed by atoms with Crippen LogP contribution in [0.5, 0.6) is 0 Å². The molecular weight excluding hydrogens is 809 g/mol. The van der Waals surface area contributed by atoms with Gasteiger partial charge in [-0.3, -0.25) is 0 Å². The Balaban J connectivity index is 1.13. The third-order valence-corrected chi connectivity index (χ3v) is 15.0. The second-order valence-corrected chi connectivity index (χ2v) is 18.6. The number of fused-ring (bicyclic) bond motifs is 7. The molecule has 2 nitrogen and oxygen atoms in total. The smallest absolute Gasteiger partial charge is 0.0714 e. The average Bonchev–Trinajstić information content (AvgIpc) is 3.91. The van der Waals surface area contributed by atoms with Crippen LogP contribution in [0.1, 0.15) is 65.8 Å². The van der Waals surface area contributed by atoms with Crippen LogP contribution in [0.4, 0.5) is 17.1 Å². The van der Waals surface area contributed by atoms with E-state index in [1.54, 1.807) is 0 Å². The van der Waals surface area contributed by atoms with Gasteiger partial charge in [0, 0.05) is 27.7 Å². The lowest BCUT2D eigenvalue weighted by Crippen LogP contribution is -2.28. The number of rotatable bonds is 8. The fourth-order valence-corrected chi connectivity index (χ4v) is 12.3. The summed E-state index contributed by atoms with van der Waals surface area (Å²) in [5.74, 6) is 0.558. The van der Waals surface area contributed by atoms with Gasteiger partial charge >= 0.3 is 0 Å². The van der Waals surface area contributed by atoms with Gasteiger partial charge in [0.1, 0.15) is 0 Å². The van der Waals surface area contributed by atoms with Gasteiger partial charge in [-0.15, -0.1) is 0 Å². The molecule has 1 fully saturated rings. The highest BCUT2D eigenvalue weighted by Crippen LogP contribution is 2.58. The summed E-state index contributed by atoms with van der Waals surface area (Å²) in [7, 11) is 0. The first-order valence-corrected chi connectivity index (χ1v) is 24.1. The van der Waals surface area contributed by atoms with Crippen molar-refractivity contribution in [1.82, 2.24) is 4.57 Å². The molecule has 67 heavy (non-hydrogen) atoms. The monoisotopic (exact) mass is 858 g/mol. The first-order chi connectivity index (χ1) is 33.3. The second-order valence-electron chi connectivity index (χ2n) is 18.6. The van der Waals surface area contributed by atoms with E-state index in [-0.39, 0.29) is 0 Å². The van der Waals surface area contributed by atoms with Gasteiger partial charge in [-0.2, -0.15) is 0 Å². The Labute approximate surface area is 393 Å². The van der Waals surface area contributed by atoms with E-state index in [2.05, 4.69) is 246 Å². The summed E-state index contributed by atoms with van der Waals surface area (Å²) in [4.78, 5) is 2.59. The summed E-state index contributed by atoms with van der Waals surface area (Å²) in [6.45, 7) is 0. The molecule has 0 spiro atoms. The number of para-hydroxylation sites is 3. The summed E-state index contributed by atoms with van der Waals surface area (Å²) in [6.07, 6.45) is 6.42. The van der Waals surface area contributed by atoms with Crippen molar-refractivity contribution in [1.29, 1.82) is 0 Å². The van der Waals surface area contributed by atoms with Crippen LogP contribution in [-0.2, 0) is 5.41 Å². The summed E-state index contributed by atoms with van der Waals surface area (Å²) < 4.78 is 2.44. The lowest BCUT2D eigenvalue weighted by atomic mass is 9.67. The Morgan fingerprint density at radius 1 is 0.403 bits per heavy atom. The molecule has 1 heterocycles. The molecule has 10 aromatic carbocycles. The van der Waals surface area contributed by atoms with Crippen LogP contribution in [0, 0.1) is 0 Å². The van der Waals surface area contributed by atoms with Gasteiger partial charge in [0.15, 0.2) is 0 Å². The van der Waals surface area contributed by atoms with Gasteiger partial charge in [-0.05, 0) is 123 Å². The predicted octanol–water partition coefficient (Wildman–Crippen LogP) is 17.5. The molecule has 0 aliphatic heterocycles. The Morgan fingerprint density at radius 2 is 0.985 bits per heavy atom. The van der Waals surface area contributed by atoms with Crippen molar-refractivity contribution in [3.05, 3.63) is 264 Å². The Kier molecular flexibility index (Phi) is 9.53. The van der Waals surface area contributed by atoms with E-state index in [1.165, 1.54) is 115 Å². The van der Waals surface area contributed by atoms with E-state index in [4.69, 9.17) is 0 Å². The zero-order valence-corrected chi connectivity index (χ0v) is 37.5. The van der Waals surface area contributed by atoms with Gasteiger partial charge in [0.05, 0.1) is 27.8 Å². The fourth-order valence-electron chi connectivity index (χ4n) is 12.3. The number of benzene rings is 10. The molecule has 320 valence electrons. The van der Waals surface area contributed by atoms with Gasteiger partial charge in [-0.1, -0.05) is 207 Å².